The Morgan fingerprint density at radius 3 is 2.33 bits per heavy atom. The van der Waals surface area contributed by atoms with E-state index in [1.165, 1.54) is 16.0 Å². The lowest BCUT2D eigenvalue weighted by molar-refractivity contribution is 0.148. The number of guanidine groups is 1. The van der Waals surface area contributed by atoms with Crippen molar-refractivity contribution in [1.82, 2.24) is 25.4 Å². The normalized spacial score (nSPS) is 15.7. The van der Waals surface area contributed by atoms with Crippen molar-refractivity contribution in [2.24, 2.45) is 4.99 Å². The second-order valence-corrected chi connectivity index (χ2v) is 8.97. The molecule has 3 rings (SSSR count). The number of benzene rings is 1. The zero-order valence-electron chi connectivity index (χ0n) is 18.6. The van der Waals surface area contributed by atoms with Crippen LogP contribution in [0.4, 0.5) is 0 Å². The second kappa shape index (κ2) is 12.6. The van der Waals surface area contributed by atoms with E-state index in [0.29, 0.717) is 6.54 Å². The van der Waals surface area contributed by atoms with Crippen LogP contribution in [-0.4, -0.2) is 60.5 Å². The largest absolute Gasteiger partial charge is 0.357 e. The summed E-state index contributed by atoms with van der Waals surface area (Å²) in [5.41, 5.74) is 3.71. The number of aromatic nitrogens is 1. The highest BCUT2D eigenvalue weighted by atomic mass is 127. The third-order valence-corrected chi connectivity index (χ3v) is 6.28. The number of thiazole rings is 1. The summed E-state index contributed by atoms with van der Waals surface area (Å²) in [5.74, 6) is 0.847. The van der Waals surface area contributed by atoms with Gasteiger partial charge >= 0.3 is 0 Å². The van der Waals surface area contributed by atoms with Crippen LogP contribution in [0.25, 0.3) is 0 Å². The number of piperazine rings is 1. The molecule has 166 valence electrons. The lowest BCUT2D eigenvalue weighted by Gasteiger charge is -2.32. The summed E-state index contributed by atoms with van der Waals surface area (Å²) in [6.45, 7) is 14.1. The van der Waals surface area contributed by atoms with E-state index in [4.69, 9.17) is 4.99 Å². The first-order valence-electron chi connectivity index (χ1n) is 10.5. The van der Waals surface area contributed by atoms with Crippen LogP contribution in [0.3, 0.4) is 0 Å². The SMILES string of the molecule is CCNC(=NCc1ccc(CN2CCN(C)CC2)cc1)NCc1sc(C)nc1C.I. The monoisotopic (exact) mass is 542 g/mol. The summed E-state index contributed by atoms with van der Waals surface area (Å²) in [7, 11) is 2.20. The van der Waals surface area contributed by atoms with Crippen molar-refractivity contribution >= 4 is 41.3 Å². The molecule has 0 aliphatic carbocycles. The van der Waals surface area contributed by atoms with E-state index < -0.39 is 0 Å². The van der Waals surface area contributed by atoms with E-state index in [0.717, 1.165) is 62.5 Å². The summed E-state index contributed by atoms with van der Waals surface area (Å²) in [6.07, 6.45) is 0. The number of halogens is 1. The minimum absolute atomic E-state index is 0. The van der Waals surface area contributed by atoms with Crippen LogP contribution in [0, 0.1) is 13.8 Å². The molecule has 1 saturated heterocycles. The third kappa shape index (κ3) is 7.79. The molecular formula is C22H35IN6S. The van der Waals surface area contributed by atoms with Gasteiger partial charge in [0.2, 0.25) is 0 Å². The van der Waals surface area contributed by atoms with Crippen LogP contribution in [0.1, 0.15) is 33.6 Å². The van der Waals surface area contributed by atoms with Crippen molar-refractivity contribution in [3.05, 3.63) is 51.0 Å². The minimum Gasteiger partial charge on any atom is -0.357 e. The molecule has 0 radical (unpaired) electrons. The van der Waals surface area contributed by atoms with Crippen molar-refractivity contribution in [2.45, 2.75) is 40.4 Å². The van der Waals surface area contributed by atoms with Crippen molar-refractivity contribution in [3.63, 3.8) is 0 Å². The van der Waals surface area contributed by atoms with E-state index in [1.807, 2.05) is 6.92 Å². The number of nitrogens with zero attached hydrogens (tertiary/aromatic N) is 4. The van der Waals surface area contributed by atoms with E-state index in [9.17, 15) is 0 Å². The van der Waals surface area contributed by atoms with Gasteiger partial charge in [0.25, 0.3) is 0 Å². The average Bonchev–Trinajstić information content (AvgIpc) is 3.04. The van der Waals surface area contributed by atoms with Gasteiger partial charge in [0.05, 0.1) is 23.8 Å². The maximum absolute atomic E-state index is 4.75. The zero-order chi connectivity index (χ0) is 20.6. The number of nitrogens with one attached hydrogen (secondary N) is 2. The maximum atomic E-state index is 4.75. The van der Waals surface area contributed by atoms with Gasteiger partial charge in [-0.3, -0.25) is 4.90 Å². The minimum atomic E-state index is 0. The van der Waals surface area contributed by atoms with Crippen molar-refractivity contribution < 1.29 is 0 Å². The topological polar surface area (TPSA) is 55.8 Å². The highest BCUT2D eigenvalue weighted by molar-refractivity contribution is 14.0. The Labute approximate surface area is 202 Å². The van der Waals surface area contributed by atoms with Crippen LogP contribution in [-0.2, 0) is 19.6 Å². The van der Waals surface area contributed by atoms with Gasteiger partial charge in [-0.15, -0.1) is 35.3 Å². The molecule has 0 atom stereocenters. The first-order chi connectivity index (χ1) is 14.0. The van der Waals surface area contributed by atoms with Gasteiger partial charge in [-0.25, -0.2) is 9.98 Å². The lowest BCUT2D eigenvalue weighted by atomic mass is 10.1. The van der Waals surface area contributed by atoms with Gasteiger partial charge in [-0.05, 0) is 38.9 Å². The molecule has 30 heavy (non-hydrogen) atoms. The average molecular weight is 543 g/mol. The molecular weight excluding hydrogens is 507 g/mol. The Hall–Kier alpha value is -1.23. The summed E-state index contributed by atoms with van der Waals surface area (Å²) < 4.78 is 0. The van der Waals surface area contributed by atoms with E-state index >= 15 is 0 Å². The van der Waals surface area contributed by atoms with Crippen molar-refractivity contribution in [2.75, 3.05) is 39.8 Å². The van der Waals surface area contributed by atoms with Crippen LogP contribution in [0.5, 0.6) is 0 Å². The molecule has 0 spiro atoms. The number of hydrogen-bond donors (Lipinski definition) is 2. The van der Waals surface area contributed by atoms with Gasteiger partial charge < -0.3 is 15.5 Å². The molecule has 2 aromatic rings. The number of likely N-dealkylation sites (N-methyl/N-ethyl adjacent to an activating group) is 1. The van der Waals surface area contributed by atoms with Crippen LogP contribution in [0.15, 0.2) is 29.3 Å². The first-order valence-corrected chi connectivity index (χ1v) is 11.3. The van der Waals surface area contributed by atoms with Gasteiger partial charge in [-0.2, -0.15) is 0 Å². The van der Waals surface area contributed by atoms with Gasteiger partial charge in [0, 0.05) is 44.1 Å². The van der Waals surface area contributed by atoms with E-state index in [1.54, 1.807) is 11.3 Å². The second-order valence-electron chi connectivity index (χ2n) is 7.69. The Morgan fingerprint density at radius 2 is 1.73 bits per heavy atom. The maximum Gasteiger partial charge on any atom is 0.191 e. The van der Waals surface area contributed by atoms with Crippen LogP contribution < -0.4 is 10.6 Å². The number of aliphatic imine (C=N–C) groups is 1. The summed E-state index contributed by atoms with van der Waals surface area (Å²) >= 11 is 1.74. The fraction of sp³-hybridized carbons (Fsp3) is 0.545. The Kier molecular flexibility index (Phi) is 10.5. The van der Waals surface area contributed by atoms with E-state index in [2.05, 4.69) is 70.6 Å². The Bertz CT molecular complexity index is 796. The van der Waals surface area contributed by atoms with Gasteiger partial charge in [-0.1, -0.05) is 24.3 Å². The van der Waals surface area contributed by atoms with E-state index in [-0.39, 0.29) is 24.0 Å². The van der Waals surface area contributed by atoms with Gasteiger partial charge in [0.1, 0.15) is 0 Å². The molecule has 8 heteroatoms. The fourth-order valence-corrected chi connectivity index (χ4v) is 4.30. The van der Waals surface area contributed by atoms with Crippen LogP contribution >= 0.6 is 35.3 Å². The third-order valence-electron chi connectivity index (χ3n) is 5.21. The molecule has 1 aliphatic rings. The quantitative estimate of drug-likeness (QED) is 0.319. The molecule has 1 aromatic carbocycles. The standard InChI is InChI=1S/C22H34N6S.HI/c1-5-23-22(25-15-21-17(2)26-18(3)29-21)24-14-19-6-8-20(9-7-19)16-28-12-10-27(4)11-13-28;/h6-9H,5,10-16H2,1-4H3,(H2,23,24,25);1H. The number of rotatable bonds is 7. The fourth-order valence-electron chi connectivity index (χ4n) is 3.43. The molecule has 2 heterocycles. The first kappa shape index (κ1) is 25.0. The predicted molar refractivity (Wildman–Crippen MR) is 138 cm³/mol. The number of aryl methyl sites for hydroxylation is 2. The summed E-state index contributed by atoms with van der Waals surface area (Å²) in [5, 5.41) is 7.87. The summed E-state index contributed by atoms with van der Waals surface area (Å²) in [4.78, 5) is 15.4. The van der Waals surface area contributed by atoms with Crippen molar-refractivity contribution in [1.29, 1.82) is 0 Å². The molecule has 0 bridgehead atoms. The number of hydrogen-bond acceptors (Lipinski definition) is 5. The Morgan fingerprint density at radius 1 is 1.07 bits per heavy atom. The molecule has 2 N–H and O–H groups in total. The molecule has 1 aromatic heterocycles. The lowest BCUT2D eigenvalue weighted by Crippen LogP contribution is -2.43. The van der Waals surface area contributed by atoms with Crippen molar-refractivity contribution in [3.8, 4) is 0 Å². The molecule has 1 fully saturated rings. The molecule has 0 amide bonds. The molecule has 0 unspecified atom stereocenters. The zero-order valence-corrected chi connectivity index (χ0v) is 21.7. The molecule has 1 aliphatic heterocycles. The smallest absolute Gasteiger partial charge is 0.191 e. The predicted octanol–water partition coefficient (Wildman–Crippen LogP) is 3.38. The highest BCUT2D eigenvalue weighted by Crippen LogP contribution is 2.16. The highest BCUT2D eigenvalue weighted by Gasteiger charge is 2.13. The van der Waals surface area contributed by atoms with Crippen LogP contribution in [0.2, 0.25) is 0 Å². The molecule has 6 nitrogen and oxygen atoms in total. The van der Waals surface area contributed by atoms with Gasteiger partial charge in [0.15, 0.2) is 5.96 Å². The molecule has 0 saturated carbocycles. The summed E-state index contributed by atoms with van der Waals surface area (Å²) in [6, 6.07) is 8.89. The Balaban J connectivity index is 0.00000320.